The van der Waals surface area contributed by atoms with Gasteiger partial charge < -0.3 is 15.0 Å². The van der Waals surface area contributed by atoms with Crippen LogP contribution in [0.1, 0.15) is 88.8 Å². The third-order valence-corrected chi connectivity index (χ3v) is 12.5. The summed E-state index contributed by atoms with van der Waals surface area (Å²) < 4.78 is 35.9. The minimum Gasteiger partial charge on any atom is -0.444 e. The van der Waals surface area contributed by atoms with Crippen molar-refractivity contribution in [1.82, 2.24) is 29.6 Å². The van der Waals surface area contributed by atoms with Gasteiger partial charge in [-0.1, -0.05) is 6.07 Å². The molecule has 0 saturated carbocycles. The maximum atomic E-state index is 13.7. The number of carbonyl (C=O) groups is 3. The highest BCUT2D eigenvalue weighted by Crippen LogP contribution is 2.34. The lowest BCUT2D eigenvalue weighted by atomic mass is 9.88. The smallest absolute Gasteiger partial charge is 0.407 e. The number of ether oxygens (including phenoxy) is 1. The monoisotopic (exact) mass is 746 g/mol. The molecule has 284 valence electrons. The number of amides is 4. The molecule has 3 aliphatic heterocycles. The van der Waals surface area contributed by atoms with Gasteiger partial charge in [-0.25, -0.2) is 18.0 Å². The number of rotatable bonds is 9. The third kappa shape index (κ3) is 8.66. The van der Waals surface area contributed by atoms with Gasteiger partial charge in [-0.05, 0) is 127 Å². The molecule has 0 aliphatic carbocycles. The van der Waals surface area contributed by atoms with Gasteiger partial charge in [0.05, 0.1) is 22.0 Å². The van der Waals surface area contributed by atoms with Crippen molar-refractivity contribution in [2.24, 2.45) is 7.05 Å². The molecule has 6 rings (SSSR count). The molecule has 1 aromatic heterocycles. The van der Waals surface area contributed by atoms with Crippen molar-refractivity contribution >= 4 is 44.8 Å². The summed E-state index contributed by atoms with van der Waals surface area (Å²) in [4.78, 5) is 40.5. The second kappa shape index (κ2) is 15.5. The summed E-state index contributed by atoms with van der Waals surface area (Å²) in [6.45, 7) is 10.3. The minimum atomic E-state index is -3.78. The van der Waals surface area contributed by atoms with E-state index in [-0.39, 0.29) is 42.4 Å². The Kier molecular flexibility index (Phi) is 11.1. The topological polar surface area (TPSA) is 170 Å². The standard InChI is InChI=1S/C38H50N8O6S/c1-25(44-17-12-26(13-18-44)28-9-11-32-33(23-28)43(5)42-35(32)46-21-16-34(47)41-36(46)48)6-7-27-22-31(10-8-29(27)24-39)53(50,51)45-19-14-30(15-20-45)40-37(49)52-38(2,3)4/h8-11,22-23,25-26,30H,6-7,12-21H2,1-5H3,(H,40,49)(H,41,47,48). The Labute approximate surface area is 311 Å². The molecule has 0 bridgehead atoms. The third-order valence-electron chi connectivity index (χ3n) is 10.6. The number of likely N-dealkylation sites (tertiary alicyclic amines) is 1. The zero-order valence-corrected chi connectivity index (χ0v) is 32.0. The summed E-state index contributed by atoms with van der Waals surface area (Å²) in [7, 11) is -1.91. The zero-order chi connectivity index (χ0) is 38.1. The normalized spacial score (nSPS) is 19.2. The first-order chi connectivity index (χ1) is 25.1. The van der Waals surface area contributed by atoms with Gasteiger partial charge in [0.15, 0.2) is 5.82 Å². The summed E-state index contributed by atoms with van der Waals surface area (Å²) in [5, 5.41) is 20.6. The van der Waals surface area contributed by atoms with Crippen molar-refractivity contribution in [3.63, 3.8) is 0 Å². The van der Waals surface area contributed by atoms with Gasteiger partial charge in [0.25, 0.3) is 0 Å². The van der Waals surface area contributed by atoms with Gasteiger partial charge in [0.1, 0.15) is 5.60 Å². The average molecular weight is 747 g/mol. The molecule has 3 saturated heterocycles. The van der Waals surface area contributed by atoms with Crippen molar-refractivity contribution < 1.29 is 27.5 Å². The van der Waals surface area contributed by atoms with Crippen molar-refractivity contribution in [3.8, 4) is 6.07 Å². The molecule has 3 aromatic rings. The number of nitrogens with one attached hydrogen (secondary N) is 2. The average Bonchev–Trinajstić information content (AvgIpc) is 3.44. The molecule has 4 amide bonds. The Morgan fingerprint density at radius 3 is 2.43 bits per heavy atom. The molecule has 1 unspecified atom stereocenters. The number of sulfonamides is 1. The van der Waals surface area contributed by atoms with Crippen molar-refractivity contribution in [1.29, 1.82) is 5.26 Å². The molecule has 14 nitrogen and oxygen atoms in total. The molecule has 53 heavy (non-hydrogen) atoms. The highest BCUT2D eigenvalue weighted by Gasteiger charge is 2.32. The van der Waals surface area contributed by atoms with Gasteiger partial charge in [-0.15, -0.1) is 0 Å². The lowest BCUT2D eigenvalue weighted by Crippen LogP contribution is -2.49. The number of nitrogens with zero attached hydrogens (tertiary/aromatic N) is 6. The largest absolute Gasteiger partial charge is 0.444 e. The molecular formula is C38H50N8O6S. The SMILES string of the molecule is CC(CCc1cc(S(=O)(=O)N2CCC(NC(=O)OC(C)(C)C)CC2)ccc1C#N)N1CCC(c2ccc3c(N4CCC(=O)NC4=O)nn(C)c3c2)CC1. The molecule has 3 aliphatic rings. The van der Waals surface area contributed by atoms with Crippen LogP contribution in [0.15, 0.2) is 41.3 Å². The molecule has 3 fully saturated rings. The molecule has 0 spiro atoms. The lowest BCUT2D eigenvalue weighted by molar-refractivity contribution is -0.120. The second-order valence-corrected chi connectivity index (χ2v) is 17.4. The Morgan fingerprint density at radius 1 is 1.06 bits per heavy atom. The number of fused-ring (bicyclic) bond motifs is 1. The molecular weight excluding hydrogens is 697 g/mol. The van der Waals surface area contributed by atoms with Crippen LogP contribution >= 0.6 is 0 Å². The first-order valence-corrected chi connectivity index (χ1v) is 19.9. The van der Waals surface area contributed by atoms with E-state index in [0.717, 1.165) is 48.8 Å². The summed E-state index contributed by atoms with van der Waals surface area (Å²) in [5.74, 6) is 0.656. The number of imide groups is 1. The van der Waals surface area contributed by atoms with E-state index in [2.05, 4.69) is 45.8 Å². The van der Waals surface area contributed by atoms with Crippen molar-refractivity contribution in [2.45, 2.75) is 101 Å². The van der Waals surface area contributed by atoms with Crippen LogP contribution in [0.25, 0.3) is 10.9 Å². The number of aromatic nitrogens is 2. The molecule has 0 radical (unpaired) electrons. The molecule has 2 N–H and O–H groups in total. The van der Waals surface area contributed by atoms with Gasteiger partial charge in [0.2, 0.25) is 15.9 Å². The van der Waals surface area contributed by atoms with E-state index in [1.54, 1.807) is 37.6 Å². The van der Waals surface area contributed by atoms with Crippen LogP contribution in [0, 0.1) is 11.3 Å². The number of hydrogen-bond acceptors (Lipinski definition) is 9. The van der Waals surface area contributed by atoms with E-state index < -0.39 is 27.7 Å². The highest BCUT2D eigenvalue weighted by atomic mass is 32.2. The Balaban J connectivity index is 1.03. The van der Waals surface area contributed by atoms with Gasteiger partial charge in [-0.2, -0.15) is 14.7 Å². The Morgan fingerprint density at radius 2 is 1.77 bits per heavy atom. The highest BCUT2D eigenvalue weighted by molar-refractivity contribution is 7.89. The first-order valence-electron chi connectivity index (χ1n) is 18.5. The maximum Gasteiger partial charge on any atom is 0.407 e. The minimum absolute atomic E-state index is 0.164. The van der Waals surface area contributed by atoms with E-state index in [9.17, 15) is 28.1 Å². The van der Waals surface area contributed by atoms with Crippen LogP contribution in [-0.2, 0) is 33.0 Å². The fourth-order valence-corrected chi connectivity index (χ4v) is 9.13. The van der Waals surface area contributed by atoms with Crippen LogP contribution in [0.4, 0.5) is 15.4 Å². The number of aryl methyl sites for hydroxylation is 2. The fraction of sp³-hybridized carbons (Fsp3) is 0.553. The predicted octanol–water partition coefficient (Wildman–Crippen LogP) is 4.77. The van der Waals surface area contributed by atoms with Crippen LogP contribution in [0.3, 0.4) is 0 Å². The van der Waals surface area contributed by atoms with Crippen LogP contribution < -0.4 is 15.5 Å². The number of hydrogen-bond donors (Lipinski definition) is 2. The number of alkyl carbamates (subject to hydrolysis) is 1. The summed E-state index contributed by atoms with van der Waals surface area (Å²) in [6.07, 6.45) is 4.04. The van der Waals surface area contributed by atoms with Crippen molar-refractivity contribution in [3.05, 3.63) is 53.1 Å². The number of urea groups is 1. The molecule has 15 heteroatoms. The lowest BCUT2D eigenvalue weighted by Gasteiger charge is -2.36. The van der Waals surface area contributed by atoms with E-state index in [0.29, 0.717) is 43.1 Å². The molecule has 1 atom stereocenters. The van der Waals surface area contributed by atoms with E-state index >= 15 is 0 Å². The van der Waals surface area contributed by atoms with Gasteiger partial charge in [0, 0.05) is 50.6 Å². The quantitative estimate of drug-likeness (QED) is 0.313. The Bertz CT molecular complexity index is 2020. The second-order valence-electron chi connectivity index (χ2n) is 15.4. The number of nitriles is 1. The summed E-state index contributed by atoms with van der Waals surface area (Å²) in [5.41, 5.74) is 2.78. The van der Waals surface area contributed by atoms with Gasteiger partial charge >= 0.3 is 12.1 Å². The number of piperidine rings is 2. The number of carbonyl (C=O) groups excluding carboxylic acids is 3. The van der Waals surface area contributed by atoms with E-state index in [1.807, 2.05) is 13.1 Å². The zero-order valence-electron chi connectivity index (χ0n) is 31.2. The summed E-state index contributed by atoms with van der Waals surface area (Å²) in [6, 6.07) is 13.0. The fourth-order valence-electron chi connectivity index (χ4n) is 7.61. The Hall–Kier alpha value is -4.52. The maximum absolute atomic E-state index is 13.7. The van der Waals surface area contributed by atoms with Gasteiger partial charge in [-0.3, -0.25) is 19.7 Å². The number of anilines is 1. The number of benzene rings is 2. The molecule has 2 aromatic carbocycles. The van der Waals surface area contributed by atoms with E-state index in [4.69, 9.17) is 4.74 Å². The van der Waals surface area contributed by atoms with Crippen LogP contribution in [0.5, 0.6) is 0 Å². The molecule has 4 heterocycles. The van der Waals surface area contributed by atoms with Crippen LogP contribution in [0.2, 0.25) is 0 Å². The van der Waals surface area contributed by atoms with Crippen molar-refractivity contribution in [2.75, 3.05) is 37.6 Å². The van der Waals surface area contributed by atoms with Crippen LogP contribution in [-0.4, -0.2) is 95.8 Å². The van der Waals surface area contributed by atoms with E-state index in [1.165, 1.54) is 20.8 Å². The first kappa shape index (κ1) is 38.2. The summed E-state index contributed by atoms with van der Waals surface area (Å²) >= 11 is 0. The predicted molar refractivity (Wildman–Crippen MR) is 200 cm³/mol.